The molecule has 2 nitrogen and oxygen atoms in total. The highest BCUT2D eigenvalue weighted by Gasteiger charge is 2.11. The first-order valence-electron chi connectivity index (χ1n) is 3.78. The van der Waals surface area contributed by atoms with E-state index in [1.807, 2.05) is 0 Å². The maximum atomic E-state index is 13.2. The molecule has 0 heterocycles. The lowest BCUT2D eigenvalue weighted by Crippen LogP contribution is -1.94. The van der Waals surface area contributed by atoms with E-state index in [4.69, 9.17) is 9.84 Å². The summed E-state index contributed by atoms with van der Waals surface area (Å²) >= 11 is 0. The number of halogens is 1. The van der Waals surface area contributed by atoms with E-state index in [-0.39, 0.29) is 11.5 Å². The van der Waals surface area contributed by atoms with Crippen molar-refractivity contribution in [3.05, 3.63) is 35.7 Å². The predicted molar refractivity (Wildman–Crippen MR) is 48.8 cm³/mol. The van der Waals surface area contributed by atoms with Gasteiger partial charge in [-0.2, -0.15) is 0 Å². The van der Waals surface area contributed by atoms with Crippen molar-refractivity contribution in [1.82, 2.24) is 0 Å². The number of hydrogen-bond donors (Lipinski definition) is 1. The second-order valence-corrected chi connectivity index (χ2v) is 2.75. The molecule has 70 valence electrons. The Morgan fingerprint density at radius 2 is 2.15 bits per heavy atom. The monoisotopic (exact) mass is 182 g/mol. The van der Waals surface area contributed by atoms with Crippen LogP contribution in [0.25, 0.3) is 5.76 Å². The van der Waals surface area contributed by atoms with E-state index in [2.05, 4.69) is 6.58 Å². The Morgan fingerprint density at radius 3 is 2.62 bits per heavy atom. The second kappa shape index (κ2) is 3.47. The van der Waals surface area contributed by atoms with Crippen LogP contribution in [0.2, 0.25) is 0 Å². The highest BCUT2D eigenvalue weighted by molar-refractivity contribution is 5.62. The van der Waals surface area contributed by atoms with Gasteiger partial charge >= 0.3 is 0 Å². The smallest absolute Gasteiger partial charge is 0.138 e. The average molecular weight is 182 g/mol. The van der Waals surface area contributed by atoms with Gasteiger partial charge in [-0.15, -0.1) is 0 Å². The van der Waals surface area contributed by atoms with Crippen molar-refractivity contribution in [2.45, 2.75) is 6.92 Å². The van der Waals surface area contributed by atoms with E-state index in [1.165, 1.54) is 13.2 Å². The van der Waals surface area contributed by atoms with Crippen LogP contribution in [0.5, 0.6) is 5.75 Å². The number of hydrogen-bond acceptors (Lipinski definition) is 2. The number of phenolic OH excluding ortho intramolecular Hbond substituents is 1. The van der Waals surface area contributed by atoms with Gasteiger partial charge in [-0.25, -0.2) is 4.39 Å². The molecule has 0 atom stereocenters. The molecular formula is C10H11FO2. The number of aromatic hydroxyl groups is 1. The summed E-state index contributed by atoms with van der Waals surface area (Å²) in [6, 6.07) is 2.50. The molecule has 0 saturated heterocycles. The van der Waals surface area contributed by atoms with Crippen LogP contribution in [0.15, 0.2) is 18.7 Å². The molecule has 0 radical (unpaired) electrons. The van der Waals surface area contributed by atoms with Gasteiger partial charge in [0.2, 0.25) is 0 Å². The van der Waals surface area contributed by atoms with E-state index in [0.29, 0.717) is 11.1 Å². The first-order valence-corrected chi connectivity index (χ1v) is 3.78. The molecule has 1 aromatic carbocycles. The van der Waals surface area contributed by atoms with Crippen LogP contribution in [0.4, 0.5) is 4.39 Å². The highest BCUT2D eigenvalue weighted by Crippen LogP contribution is 2.25. The molecule has 0 aliphatic heterocycles. The van der Waals surface area contributed by atoms with E-state index in [0.717, 1.165) is 6.07 Å². The molecule has 0 aliphatic rings. The highest BCUT2D eigenvalue weighted by atomic mass is 19.1. The maximum absolute atomic E-state index is 13.2. The third-order valence-electron chi connectivity index (χ3n) is 1.80. The first-order chi connectivity index (χ1) is 6.06. The minimum atomic E-state index is -0.524. The number of methoxy groups -OCH3 is 1. The normalized spacial score (nSPS) is 9.77. The zero-order chi connectivity index (χ0) is 10.0. The van der Waals surface area contributed by atoms with Crippen molar-refractivity contribution < 1.29 is 14.2 Å². The molecule has 0 amide bonds. The Kier molecular flexibility index (Phi) is 2.56. The molecule has 0 bridgehead atoms. The van der Waals surface area contributed by atoms with E-state index >= 15 is 0 Å². The number of aryl methyl sites for hydroxylation is 1. The second-order valence-electron chi connectivity index (χ2n) is 2.75. The van der Waals surface area contributed by atoms with Crippen LogP contribution in [0.3, 0.4) is 0 Å². The lowest BCUT2D eigenvalue weighted by Gasteiger charge is -2.09. The fourth-order valence-corrected chi connectivity index (χ4v) is 1.18. The summed E-state index contributed by atoms with van der Waals surface area (Å²) < 4.78 is 18.1. The standard InChI is InChI=1S/C10H11FO2/c1-6-4-8(12)5-9(11)10(6)7(2)13-3/h4-5,12H,2H2,1,3H3. The van der Waals surface area contributed by atoms with Crippen molar-refractivity contribution in [3.63, 3.8) is 0 Å². The van der Waals surface area contributed by atoms with E-state index < -0.39 is 5.82 Å². The molecule has 1 aromatic rings. The summed E-state index contributed by atoms with van der Waals surface area (Å²) in [4.78, 5) is 0. The molecule has 0 spiro atoms. The van der Waals surface area contributed by atoms with Crippen LogP contribution in [0.1, 0.15) is 11.1 Å². The first kappa shape index (κ1) is 9.58. The summed E-state index contributed by atoms with van der Waals surface area (Å²) in [5.74, 6) is -0.359. The molecule has 3 heteroatoms. The average Bonchev–Trinajstić information content (AvgIpc) is 2.02. The number of ether oxygens (including phenoxy) is 1. The maximum Gasteiger partial charge on any atom is 0.138 e. The van der Waals surface area contributed by atoms with E-state index in [9.17, 15) is 4.39 Å². The van der Waals surface area contributed by atoms with Crippen LogP contribution in [-0.2, 0) is 4.74 Å². The van der Waals surface area contributed by atoms with Crippen LogP contribution < -0.4 is 0 Å². The predicted octanol–water partition coefficient (Wildman–Crippen LogP) is 2.46. The molecule has 13 heavy (non-hydrogen) atoms. The lowest BCUT2D eigenvalue weighted by atomic mass is 10.1. The Bertz CT molecular complexity index is 322. The van der Waals surface area contributed by atoms with Crippen LogP contribution >= 0.6 is 0 Å². The zero-order valence-electron chi connectivity index (χ0n) is 7.60. The Labute approximate surface area is 76.3 Å². The molecule has 0 saturated carbocycles. The SMILES string of the molecule is C=C(OC)c1c(C)cc(O)cc1F. The minimum absolute atomic E-state index is 0.0948. The van der Waals surface area contributed by atoms with Gasteiger partial charge in [-0.05, 0) is 18.6 Å². The summed E-state index contributed by atoms with van der Waals surface area (Å²) in [6.45, 7) is 5.23. The summed E-state index contributed by atoms with van der Waals surface area (Å²) in [6.07, 6.45) is 0. The zero-order valence-corrected chi connectivity index (χ0v) is 7.60. The van der Waals surface area contributed by atoms with Crippen molar-refractivity contribution >= 4 is 5.76 Å². The largest absolute Gasteiger partial charge is 0.508 e. The Hall–Kier alpha value is -1.51. The summed E-state index contributed by atoms with van der Waals surface area (Å²) in [5.41, 5.74) is 0.907. The third kappa shape index (κ3) is 1.80. The molecule has 0 aliphatic carbocycles. The van der Waals surface area contributed by atoms with Crippen molar-refractivity contribution in [2.75, 3.05) is 7.11 Å². The Morgan fingerprint density at radius 1 is 1.54 bits per heavy atom. The van der Waals surface area contributed by atoms with Gasteiger partial charge in [-0.1, -0.05) is 6.58 Å². The summed E-state index contributed by atoms with van der Waals surface area (Å²) in [5, 5.41) is 9.06. The molecule has 0 fully saturated rings. The van der Waals surface area contributed by atoms with Gasteiger partial charge in [0.1, 0.15) is 17.3 Å². The topological polar surface area (TPSA) is 29.5 Å². The van der Waals surface area contributed by atoms with Crippen LogP contribution in [0, 0.1) is 12.7 Å². The van der Waals surface area contributed by atoms with Gasteiger partial charge in [0, 0.05) is 6.07 Å². The molecule has 0 unspecified atom stereocenters. The van der Waals surface area contributed by atoms with E-state index in [1.54, 1.807) is 6.92 Å². The number of rotatable bonds is 2. The molecular weight excluding hydrogens is 171 g/mol. The number of benzene rings is 1. The van der Waals surface area contributed by atoms with Gasteiger partial charge < -0.3 is 9.84 Å². The quantitative estimate of drug-likeness (QED) is 0.712. The van der Waals surface area contributed by atoms with Crippen LogP contribution in [-0.4, -0.2) is 12.2 Å². The molecule has 1 rings (SSSR count). The summed E-state index contributed by atoms with van der Waals surface area (Å²) in [7, 11) is 1.42. The van der Waals surface area contributed by atoms with Gasteiger partial charge in [0.15, 0.2) is 0 Å². The Balaban J connectivity index is 3.28. The van der Waals surface area contributed by atoms with Gasteiger partial charge in [-0.3, -0.25) is 0 Å². The fourth-order valence-electron chi connectivity index (χ4n) is 1.18. The van der Waals surface area contributed by atoms with Crippen molar-refractivity contribution in [1.29, 1.82) is 0 Å². The van der Waals surface area contributed by atoms with Gasteiger partial charge in [0.05, 0.1) is 12.7 Å². The number of phenols is 1. The lowest BCUT2D eigenvalue weighted by molar-refractivity contribution is 0.367. The molecule has 0 aromatic heterocycles. The third-order valence-corrected chi connectivity index (χ3v) is 1.80. The van der Waals surface area contributed by atoms with Crippen molar-refractivity contribution in [3.8, 4) is 5.75 Å². The fraction of sp³-hybridized carbons (Fsp3) is 0.200. The van der Waals surface area contributed by atoms with Gasteiger partial charge in [0.25, 0.3) is 0 Å². The minimum Gasteiger partial charge on any atom is -0.508 e. The molecule has 1 N–H and O–H groups in total. The van der Waals surface area contributed by atoms with Crippen molar-refractivity contribution in [2.24, 2.45) is 0 Å².